The van der Waals surface area contributed by atoms with Crippen LogP contribution in [-0.2, 0) is 16.8 Å². The second kappa shape index (κ2) is 9.64. The third-order valence-corrected chi connectivity index (χ3v) is 7.41. The van der Waals surface area contributed by atoms with E-state index in [1.165, 1.54) is 4.88 Å². The maximum atomic E-state index is 13.6. The van der Waals surface area contributed by atoms with Gasteiger partial charge in [0.2, 0.25) is 0 Å². The van der Waals surface area contributed by atoms with Crippen molar-refractivity contribution in [2.24, 2.45) is 0 Å². The van der Waals surface area contributed by atoms with Gasteiger partial charge in [-0.1, -0.05) is 24.3 Å². The monoisotopic (exact) mass is 492 g/mol. The Balaban J connectivity index is 1.70. The number of H-pyrrole nitrogens is 1. The van der Waals surface area contributed by atoms with Crippen LogP contribution in [0.2, 0.25) is 0 Å². The number of nitrogens with one attached hydrogen (secondary N) is 1. The number of para-hydroxylation sites is 1. The second-order valence-electron chi connectivity index (χ2n) is 10.3. The second-order valence-corrected chi connectivity index (χ2v) is 11.3. The number of aromatic nitrogens is 5. The molecule has 0 radical (unpaired) electrons. The Morgan fingerprint density at radius 1 is 1.29 bits per heavy atom. The van der Waals surface area contributed by atoms with Crippen molar-refractivity contribution in [3.05, 3.63) is 74.0 Å². The van der Waals surface area contributed by atoms with E-state index < -0.39 is 6.04 Å². The van der Waals surface area contributed by atoms with Gasteiger partial charge in [0, 0.05) is 30.1 Å². The average molecular weight is 493 g/mol. The lowest BCUT2D eigenvalue weighted by Gasteiger charge is -2.34. The number of tetrazole rings is 1. The van der Waals surface area contributed by atoms with E-state index in [1.54, 1.807) is 11.3 Å². The molecule has 1 fully saturated rings. The lowest BCUT2D eigenvalue weighted by molar-refractivity contribution is 0.0569. The molecule has 9 heteroatoms. The molecular weight excluding hydrogens is 460 g/mol. The highest BCUT2D eigenvalue weighted by Crippen LogP contribution is 2.32. The van der Waals surface area contributed by atoms with Gasteiger partial charge in [-0.2, -0.15) is 0 Å². The number of rotatable bonds is 7. The number of pyridine rings is 1. The molecule has 0 bridgehead atoms. The molecule has 35 heavy (non-hydrogen) atoms. The van der Waals surface area contributed by atoms with Crippen molar-refractivity contribution in [1.29, 1.82) is 0 Å². The molecule has 0 saturated carbocycles. The van der Waals surface area contributed by atoms with Gasteiger partial charge in [-0.05, 0) is 79.4 Å². The van der Waals surface area contributed by atoms with Crippen molar-refractivity contribution in [3.63, 3.8) is 0 Å². The topological polar surface area (TPSA) is 88.9 Å². The first kappa shape index (κ1) is 23.8. The van der Waals surface area contributed by atoms with Gasteiger partial charge in [-0.3, -0.25) is 9.69 Å². The first-order valence-electron chi connectivity index (χ1n) is 12.1. The van der Waals surface area contributed by atoms with Gasteiger partial charge in [0.05, 0.1) is 17.2 Å². The minimum atomic E-state index is -0.441. The van der Waals surface area contributed by atoms with Crippen LogP contribution in [0.1, 0.15) is 61.5 Å². The quantitative estimate of drug-likeness (QED) is 0.411. The van der Waals surface area contributed by atoms with Gasteiger partial charge < -0.3 is 9.72 Å². The first-order valence-corrected chi connectivity index (χ1v) is 13.0. The van der Waals surface area contributed by atoms with Crippen LogP contribution in [0.4, 0.5) is 0 Å². The van der Waals surface area contributed by atoms with E-state index >= 15 is 0 Å². The minimum Gasteiger partial charge on any atom is -0.377 e. The number of nitrogens with zero attached hydrogens (tertiary/aromatic N) is 5. The van der Waals surface area contributed by atoms with Crippen molar-refractivity contribution in [3.8, 4) is 0 Å². The van der Waals surface area contributed by atoms with Gasteiger partial charge in [-0.15, -0.1) is 16.4 Å². The van der Waals surface area contributed by atoms with Gasteiger partial charge in [0.1, 0.15) is 6.04 Å². The third kappa shape index (κ3) is 4.94. The highest BCUT2D eigenvalue weighted by molar-refractivity contribution is 7.09. The fourth-order valence-corrected chi connectivity index (χ4v) is 5.59. The maximum absolute atomic E-state index is 13.6. The molecule has 1 aliphatic heterocycles. The van der Waals surface area contributed by atoms with Gasteiger partial charge in [0.25, 0.3) is 5.56 Å². The van der Waals surface area contributed by atoms with Crippen LogP contribution < -0.4 is 5.56 Å². The SMILES string of the molecule is Cc1cccc2cc([C@@H](c3nnnn3C(C)(C)C)N(Cc3cccs3)C[C@@H]3CCCO3)c(=O)[nH]c12. The number of thiophene rings is 1. The van der Waals surface area contributed by atoms with E-state index in [-0.39, 0.29) is 17.2 Å². The first-order chi connectivity index (χ1) is 16.8. The fourth-order valence-electron chi connectivity index (χ4n) is 4.86. The molecule has 1 saturated heterocycles. The largest absolute Gasteiger partial charge is 0.377 e. The molecule has 1 aliphatic rings. The number of hydrogen-bond acceptors (Lipinski definition) is 7. The number of aromatic amines is 1. The molecule has 2 atom stereocenters. The summed E-state index contributed by atoms with van der Waals surface area (Å²) < 4.78 is 7.88. The van der Waals surface area contributed by atoms with Gasteiger partial charge >= 0.3 is 0 Å². The summed E-state index contributed by atoms with van der Waals surface area (Å²) in [6.07, 6.45) is 2.17. The number of aryl methyl sites for hydroxylation is 1. The molecule has 1 N–H and O–H groups in total. The summed E-state index contributed by atoms with van der Waals surface area (Å²) >= 11 is 1.71. The minimum absolute atomic E-state index is 0.109. The average Bonchev–Trinajstić information content (AvgIpc) is 3.58. The Bertz CT molecular complexity index is 1350. The van der Waals surface area contributed by atoms with Gasteiger partial charge in [0.15, 0.2) is 5.82 Å². The predicted octanol–water partition coefficient (Wildman–Crippen LogP) is 4.41. The van der Waals surface area contributed by atoms with E-state index in [9.17, 15) is 4.79 Å². The molecule has 5 rings (SSSR count). The summed E-state index contributed by atoms with van der Waals surface area (Å²) in [5, 5.41) is 16.0. The number of benzene rings is 1. The summed E-state index contributed by atoms with van der Waals surface area (Å²) in [5.74, 6) is 0.657. The van der Waals surface area contributed by atoms with E-state index in [2.05, 4.69) is 63.7 Å². The number of ether oxygens (including phenoxy) is 1. The Labute approximate surface area is 208 Å². The molecular formula is C26H32N6O2S. The summed E-state index contributed by atoms with van der Waals surface area (Å²) in [6, 6.07) is 11.8. The van der Waals surface area contributed by atoms with Crippen molar-refractivity contribution < 1.29 is 4.74 Å². The summed E-state index contributed by atoms with van der Waals surface area (Å²) in [6.45, 7) is 10.4. The third-order valence-electron chi connectivity index (χ3n) is 6.55. The van der Waals surface area contributed by atoms with Crippen LogP contribution in [0, 0.1) is 6.92 Å². The molecule has 4 aromatic rings. The molecule has 1 aromatic carbocycles. The lowest BCUT2D eigenvalue weighted by atomic mass is 10.00. The van der Waals surface area contributed by atoms with Crippen molar-refractivity contribution >= 4 is 22.2 Å². The molecule has 8 nitrogen and oxygen atoms in total. The van der Waals surface area contributed by atoms with E-state index in [0.29, 0.717) is 24.5 Å². The summed E-state index contributed by atoms with van der Waals surface area (Å²) in [5.41, 5.74) is 2.06. The Hall–Kier alpha value is -2.88. The maximum Gasteiger partial charge on any atom is 0.253 e. The van der Waals surface area contributed by atoms with Crippen molar-refractivity contribution in [1.82, 2.24) is 30.1 Å². The fraction of sp³-hybridized carbons (Fsp3) is 0.462. The van der Waals surface area contributed by atoms with Crippen molar-refractivity contribution in [2.45, 2.75) is 64.8 Å². The summed E-state index contributed by atoms with van der Waals surface area (Å²) in [4.78, 5) is 20.3. The smallest absolute Gasteiger partial charge is 0.253 e. The van der Waals surface area contributed by atoms with Crippen LogP contribution in [0.25, 0.3) is 10.9 Å². The van der Waals surface area contributed by atoms with Crippen LogP contribution in [0.5, 0.6) is 0 Å². The highest BCUT2D eigenvalue weighted by atomic mass is 32.1. The zero-order valence-electron chi connectivity index (χ0n) is 20.7. The molecule has 4 heterocycles. The number of hydrogen-bond donors (Lipinski definition) is 1. The Morgan fingerprint density at radius 2 is 2.14 bits per heavy atom. The van der Waals surface area contributed by atoms with Gasteiger partial charge in [-0.25, -0.2) is 4.68 Å². The van der Waals surface area contributed by atoms with E-state index in [1.807, 2.05) is 35.9 Å². The molecule has 184 valence electrons. The molecule has 0 amide bonds. The van der Waals surface area contributed by atoms with Crippen LogP contribution >= 0.6 is 11.3 Å². The van der Waals surface area contributed by atoms with Crippen LogP contribution in [-0.4, -0.2) is 49.3 Å². The van der Waals surface area contributed by atoms with Crippen molar-refractivity contribution in [2.75, 3.05) is 13.2 Å². The van der Waals surface area contributed by atoms with Crippen LogP contribution in [0.3, 0.4) is 0 Å². The zero-order valence-corrected chi connectivity index (χ0v) is 21.5. The van der Waals surface area contributed by atoms with E-state index in [0.717, 1.165) is 35.9 Å². The summed E-state index contributed by atoms with van der Waals surface area (Å²) in [7, 11) is 0. The highest BCUT2D eigenvalue weighted by Gasteiger charge is 2.35. The molecule has 0 spiro atoms. The molecule has 0 aliphatic carbocycles. The normalized spacial score (nSPS) is 17.5. The zero-order chi connectivity index (χ0) is 24.6. The molecule has 3 aromatic heterocycles. The lowest BCUT2D eigenvalue weighted by Crippen LogP contribution is -2.40. The van der Waals surface area contributed by atoms with Crippen LogP contribution in [0.15, 0.2) is 46.6 Å². The Kier molecular flexibility index (Phi) is 6.57. The Morgan fingerprint density at radius 3 is 2.86 bits per heavy atom. The van der Waals surface area contributed by atoms with E-state index in [4.69, 9.17) is 4.74 Å². The standard InChI is InChI=1S/C26H32N6O2S/c1-17-8-5-9-18-14-21(25(33)27-22(17)18)23(24-28-29-30-32(24)26(2,3)4)31(15-19-10-6-12-34-19)16-20-11-7-13-35-20/h5,7-9,11,13-14,19,23H,6,10,12,15-16H2,1-4H3,(H,27,33)/t19-,23-/m0/s1. The molecule has 0 unspecified atom stereocenters. The predicted molar refractivity (Wildman–Crippen MR) is 138 cm³/mol. The number of fused-ring (bicyclic) bond motifs is 1.